The quantitative estimate of drug-likeness (QED) is 0.133. The molecule has 0 radical (unpaired) electrons. The van der Waals surface area contributed by atoms with E-state index in [0.717, 1.165) is 65.5 Å². The number of anilines is 1. The number of rotatable bonds is 12. The van der Waals surface area contributed by atoms with E-state index in [1.807, 2.05) is 42.5 Å². The molecule has 0 atom stereocenters. The van der Waals surface area contributed by atoms with E-state index in [9.17, 15) is 4.79 Å². The fourth-order valence-electron chi connectivity index (χ4n) is 4.03. The Labute approximate surface area is 210 Å². The second-order valence-corrected chi connectivity index (χ2v) is 8.62. The number of hydrogen-bond donors (Lipinski definition) is 2. The summed E-state index contributed by atoms with van der Waals surface area (Å²) in [6.07, 6.45) is 2.89. The lowest BCUT2D eigenvalue weighted by Crippen LogP contribution is -2.50. The highest BCUT2D eigenvalue weighted by atomic mass is 16.5. The Kier molecular flexibility index (Phi) is 8.73. The molecule has 0 bridgehead atoms. The fourth-order valence-corrected chi connectivity index (χ4v) is 4.03. The van der Waals surface area contributed by atoms with Crippen LogP contribution in [0.5, 0.6) is 5.75 Å². The van der Waals surface area contributed by atoms with Crippen molar-refractivity contribution in [3.63, 3.8) is 0 Å². The molecule has 2 aromatic carbocycles. The molecule has 8 heteroatoms. The summed E-state index contributed by atoms with van der Waals surface area (Å²) in [5, 5.41) is 6.21. The van der Waals surface area contributed by atoms with Crippen LogP contribution in [0.25, 0.3) is 33.3 Å². The average molecular weight is 492 g/mol. The van der Waals surface area contributed by atoms with Crippen molar-refractivity contribution in [1.82, 2.24) is 4.98 Å². The first-order valence-corrected chi connectivity index (χ1v) is 12.8. The normalized spacial score (nSPS) is 11.9. The third-order valence-corrected chi connectivity index (χ3v) is 5.80. The van der Waals surface area contributed by atoms with E-state index in [2.05, 4.69) is 18.0 Å². The molecule has 0 aromatic heterocycles. The minimum absolute atomic E-state index is 0.203. The first kappa shape index (κ1) is 25.4. The number of esters is 1. The van der Waals surface area contributed by atoms with E-state index in [1.165, 1.54) is 0 Å². The molecule has 0 fully saturated rings. The summed E-state index contributed by atoms with van der Waals surface area (Å²) in [5.41, 5.74) is 7.15. The highest BCUT2D eigenvalue weighted by molar-refractivity contribution is 5.97. The third-order valence-electron chi connectivity index (χ3n) is 5.80. The molecular weight excluding hydrogens is 456 g/mol. The van der Waals surface area contributed by atoms with E-state index in [0.29, 0.717) is 43.1 Å². The number of quaternary nitrogens is 1. The van der Waals surface area contributed by atoms with Gasteiger partial charge >= 0.3 is 5.97 Å². The van der Waals surface area contributed by atoms with Gasteiger partial charge in [0.15, 0.2) is 11.3 Å². The van der Waals surface area contributed by atoms with Crippen LogP contribution in [-0.2, 0) is 9.53 Å². The van der Waals surface area contributed by atoms with Crippen molar-refractivity contribution in [2.24, 2.45) is 4.99 Å². The molecule has 0 saturated heterocycles. The van der Waals surface area contributed by atoms with Gasteiger partial charge in [-0.3, -0.25) is 9.79 Å². The first-order chi connectivity index (χ1) is 17.6. The Morgan fingerprint density at radius 1 is 1.11 bits per heavy atom. The van der Waals surface area contributed by atoms with Gasteiger partial charge in [0.05, 0.1) is 25.1 Å². The van der Waals surface area contributed by atoms with E-state index in [1.54, 1.807) is 6.92 Å². The molecule has 4 rings (SSSR count). The first-order valence-electron chi connectivity index (χ1n) is 12.8. The van der Waals surface area contributed by atoms with E-state index in [4.69, 9.17) is 23.9 Å². The second-order valence-electron chi connectivity index (χ2n) is 8.62. The molecule has 8 nitrogen and oxygen atoms in total. The standard InChI is InChI=1S/C28H34N4O4/c1-3-13-31-24-18-26-28(32-23-11-8-19(16-25(23)36-26)30-14-6-12-29)22-17-20(9-10-21(22)24)35-15-5-7-27(33)34-4-2/h8-11,16-18,30H,3-7,12-15,29H2,1-2H3/p+1. The molecule has 1 aliphatic carbocycles. The maximum Gasteiger partial charge on any atom is 0.305 e. The number of carbonyl (C=O) groups is 1. The van der Waals surface area contributed by atoms with Gasteiger partial charge in [-0.1, -0.05) is 6.92 Å². The van der Waals surface area contributed by atoms with Crippen LogP contribution in [0, 0.1) is 0 Å². The average Bonchev–Trinajstić information content (AvgIpc) is 2.89. The largest absolute Gasteiger partial charge is 0.494 e. The number of nitrogens with one attached hydrogen (secondary N) is 1. The van der Waals surface area contributed by atoms with Crippen molar-refractivity contribution in [2.45, 2.75) is 39.5 Å². The van der Waals surface area contributed by atoms with Crippen LogP contribution in [0.15, 0.2) is 51.9 Å². The smallest absolute Gasteiger partial charge is 0.305 e. The summed E-state index contributed by atoms with van der Waals surface area (Å²) >= 11 is 0. The molecule has 0 amide bonds. The number of hydrogen-bond acceptors (Lipinski definition) is 7. The van der Waals surface area contributed by atoms with Gasteiger partial charge in [0.2, 0.25) is 0 Å². The van der Waals surface area contributed by atoms with Crippen LogP contribution in [-0.4, -0.2) is 43.8 Å². The van der Waals surface area contributed by atoms with Crippen molar-refractivity contribution < 1.29 is 24.4 Å². The Morgan fingerprint density at radius 3 is 2.81 bits per heavy atom. The number of fused-ring (bicyclic) bond motifs is 4. The summed E-state index contributed by atoms with van der Waals surface area (Å²) in [6, 6.07) is 13.9. The lowest BCUT2D eigenvalue weighted by Gasteiger charge is -2.13. The number of benzene rings is 3. The Balaban J connectivity index is 1.70. The van der Waals surface area contributed by atoms with Gasteiger partial charge in [-0.25, -0.2) is 4.98 Å². The predicted octanol–water partition coefficient (Wildman–Crippen LogP) is 4.16. The zero-order valence-electron chi connectivity index (χ0n) is 21.1. The van der Waals surface area contributed by atoms with Crippen LogP contribution in [0.3, 0.4) is 0 Å². The van der Waals surface area contributed by atoms with Crippen LogP contribution in [0.2, 0.25) is 0 Å². The van der Waals surface area contributed by atoms with Crippen molar-refractivity contribution in [2.75, 3.05) is 38.2 Å². The Morgan fingerprint density at radius 2 is 2.00 bits per heavy atom. The molecular formula is C28H35N4O4+. The van der Waals surface area contributed by atoms with Gasteiger partial charge in [0.25, 0.3) is 0 Å². The molecule has 4 N–H and O–H groups in total. The van der Waals surface area contributed by atoms with Crippen LogP contribution in [0.1, 0.15) is 39.5 Å². The molecule has 2 aliphatic rings. The van der Waals surface area contributed by atoms with Crippen LogP contribution in [0.4, 0.5) is 5.69 Å². The van der Waals surface area contributed by atoms with E-state index < -0.39 is 0 Å². The van der Waals surface area contributed by atoms with Gasteiger partial charge in [-0.15, -0.1) is 0 Å². The summed E-state index contributed by atoms with van der Waals surface area (Å²) in [7, 11) is 0. The van der Waals surface area contributed by atoms with E-state index in [-0.39, 0.29) is 5.97 Å². The van der Waals surface area contributed by atoms with Crippen molar-refractivity contribution in [3.05, 3.63) is 47.8 Å². The molecule has 2 aromatic rings. The topological polar surface area (TPSA) is 114 Å². The summed E-state index contributed by atoms with van der Waals surface area (Å²) in [4.78, 5) is 21.3. The number of carbonyl (C=O) groups excluding carboxylic acids is 1. The monoisotopic (exact) mass is 491 g/mol. The van der Waals surface area contributed by atoms with Crippen LogP contribution < -0.4 is 21.1 Å². The zero-order valence-corrected chi connectivity index (χ0v) is 21.1. The summed E-state index contributed by atoms with van der Waals surface area (Å²) < 4.78 is 17.3. The Hall–Kier alpha value is -3.65. The number of nitrogens with zero attached hydrogens (tertiary/aromatic N) is 2. The SMILES string of the molecule is CCCN=c1cc2oc3cc(NCCC[NH3+])ccc3nc-2c2cc(OCCCC(=O)OCC)ccc12. The van der Waals surface area contributed by atoms with Gasteiger partial charge < -0.3 is 24.9 Å². The van der Waals surface area contributed by atoms with Crippen LogP contribution >= 0.6 is 0 Å². The summed E-state index contributed by atoms with van der Waals surface area (Å²) in [6.45, 7) is 7.22. The molecule has 0 unspecified atom stereocenters. The van der Waals surface area contributed by atoms with Gasteiger partial charge in [-0.2, -0.15) is 0 Å². The van der Waals surface area contributed by atoms with Gasteiger partial charge in [-0.05, 0) is 50.1 Å². The lowest BCUT2D eigenvalue weighted by atomic mass is 10.0. The molecule has 1 aliphatic heterocycles. The highest BCUT2D eigenvalue weighted by Gasteiger charge is 2.16. The second kappa shape index (κ2) is 12.4. The fraction of sp³-hybridized carbons (Fsp3) is 0.393. The maximum atomic E-state index is 11.6. The summed E-state index contributed by atoms with van der Waals surface area (Å²) in [5.74, 6) is 1.19. The van der Waals surface area contributed by atoms with Crippen molar-refractivity contribution >= 4 is 33.5 Å². The molecule has 1 heterocycles. The predicted molar refractivity (Wildman–Crippen MR) is 141 cm³/mol. The van der Waals surface area contributed by atoms with Gasteiger partial charge in [0, 0.05) is 54.5 Å². The zero-order chi connectivity index (χ0) is 25.3. The Bertz CT molecular complexity index is 1370. The molecule has 0 spiro atoms. The molecule has 0 saturated carbocycles. The maximum absolute atomic E-state index is 11.6. The molecule has 190 valence electrons. The molecule has 36 heavy (non-hydrogen) atoms. The highest BCUT2D eigenvalue weighted by Crippen LogP contribution is 2.33. The minimum atomic E-state index is -0.203. The van der Waals surface area contributed by atoms with Crippen molar-refractivity contribution in [3.8, 4) is 17.2 Å². The van der Waals surface area contributed by atoms with Gasteiger partial charge in [0.1, 0.15) is 17.0 Å². The van der Waals surface area contributed by atoms with Crippen molar-refractivity contribution in [1.29, 1.82) is 0 Å². The number of aromatic nitrogens is 1. The lowest BCUT2D eigenvalue weighted by molar-refractivity contribution is -0.367. The third kappa shape index (κ3) is 6.12. The van der Waals surface area contributed by atoms with E-state index >= 15 is 0 Å². The number of ether oxygens (including phenoxy) is 2. The minimum Gasteiger partial charge on any atom is -0.494 e.